The average Bonchev–Trinajstić information content (AvgIpc) is 2.68. The fourth-order valence-corrected chi connectivity index (χ4v) is 3.18. The smallest absolute Gasteiger partial charge is 0.242 e. The lowest BCUT2D eigenvalue weighted by atomic mass is 10.1. The molecule has 27 heavy (non-hydrogen) atoms. The fourth-order valence-electron chi connectivity index (χ4n) is 2.98. The van der Waals surface area contributed by atoms with Gasteiger partial charge in [-0.2, -0.15) is 0 Å². The Bertz CT molecular complexity index is 828. The number of amides is 2. The zero-order valence-electron chi connectivity index (χ0n) is 15.2. The number of halogens is 1. The van der Waals surface area contributed by atoms with E-state index in [4.69, 9.17) is 21.3 Å². The Labute approximate surface area is 163 Å². The minimum Gasteiger partial charge on any atom is -0.368 e. The average molecular weight is 388 g/mol. The molecule has 0 aliphatic carbocycles. The third-order valence-corrected chi connectivity index (χ3v) is 4.76. The van der Waals surface area contributed by atoms with Crippen molar-refractivity contribution in [3.05, 3.63) is 64.4 Å². The molecule has 1 aromatic heterocycles. The first-order valence-corrected chi connectivity index (χ1v) is 9.24. The van der Waals surface area contributed by atoms with Crippen LogP contribution >= 0.6 is 11.6 Å². The van der Waals surface area contributed by atoms with Crippen molar-refractivity contribution < 1.29 is 14.3 Å². The quantitative estimate of drug-likeness (QED) is 0.854. The maximum atomic E-state index is 12.2. The molecule has 3 rings (SSSR count). The molecule has 142 valence electrons. The highest BCUT2D eigenvalue weighted by Crippen LogP contribution is 2.23. The lowest BCUT2D eigenvalue weighted by Gasteiger charge is -2.32. The number of ether oxygens (including phenoxy) is 1. The molecule has 1 fully saturated rings. The molecule has 1 aliphatic rings. The van der Waals surface area contributed by atoms with Crippen LogP contribution in [0, 0.1) is 0 Å². The van der Waals surface area contributed by atoms with Gasteiger partial charge in [-0.3, -0.25) is 14.6 Å². The van der Waals surface area contributed by atoms with E-state index in [2.05, 4.69) is 5.32 Å². The summed E-state index contributed by atoms with van der Waals surface area (Å²) in [6.07, 6.45) is 0.344. The van der Waals surface area contributed by atoms with Gasteiger partial charge in [0.1, 0.15) is 6.10 Å². The molecule has 1 atom stereocenters. The van der Waals surface area contributed by atoms with Gasteiger partial charge >= 0.3 is 0 Å². The predicted molar refractivity (Wildman–Crippen MR) is 102 cm³/mol. The number of carbonyl (C=O) groups excluding carboxylic acids is 2. The van der Waals surface area contributed by atoms with Crippen LogP contribution in [-0.2, 0) is 20.7 Å². The van der Waals surface area contributed by atoms with E-state index in [1.54, 1.807) is 4.90 Å². The summed E-state index contributed by atoms with van der Waals surface area (Å²) in [6, 6.07) is 13.5. The second-order valence-corrected chi connectivity index (χ2v) is 6.84. The molecule has 2 heterocycles. The van der Waals surface area contributed by atoms with E-state index in [-0.39, 0.29) is 24.5 Å². The summed E-state index contributed by atoms with van der Waals surface area (Å²) >= 11 is 6.24. The van der Waals surface area contributed by atoms with Gasteiger partial charge in [-0.1, -0.05) is 35.9 Å². The van der Waals surface area contributed by atoms with Crippen molar-refractivity contribution in [3.63, 3.8) is 0 Å². The minimum absolute atomic E-state index is 0.00201. The van der Waals surface area contributed by atoms with Gasteiger partial charge in [-0.25, -0.2) is 0 Å². The van der Waals surface area contributed by atoms with Crippen LogP contribution in [0.15, 0.2) is 42.5 Å². The zero-order valence-corrected chi connectivity index (χ0v) is 15.9. The van der Waals surface area contributed by atoms with E-state index >= 15 is 0 Å². The van der Waals surface area contributed by atoms with E-state index in [1.807, 2.05) is 42.5 Å². The number of hydrogen-bond acceptors (Lipinski definition) is 4. The Kier molecular flexibility index (Phi) is 6.42. The van der Waals surface area contributed by atoms with Crippen molar-refractivity contribution in [3.8, 4) is 0 Å². The van der Waals surface area contributed by atoms with Crippen LogP contribution in [0.3, 0.4) is 0 Å². The molecule has 2 aromatic rings. The van der Waals surface area contributed by atoms with Crippen LogP contribution in [0.5, 0.6) is 0 Å². The molecule has 7 heteroatoms. The lowest BCUT2D eigenvalue weighted by molar-refractivity contribution is -0.139. The molecular formula is C20H22ClN3O3. The van der Waals surface area contributed by atoms with Crippen LogP contribution < -0.4 is 5.32 Å². The molecule has 0 saturated carbocycles. The highest BCUT2D eigenvalue weighted by Gasteiger charge is 2.26. The van der Waals surface area contributed by atoms with E-state index in [0.717, 1.165) is 17.0 Å². The van der Waals surface area contributed by atoms with Gasteiger partial charge in [-0.15, -0.1) is 0 Å². The predicted octanol–water partition coefficient (Wildman–Crippen LogP) is 2.36. The third kappa shape index (κ3) is 5.28. The van der Waals surface area contributed by atoms with E-state index in [0.29, 0.717) is 31.1 Å². The number of hydrogen-bond donors (Lipinski definition) is 1. The summed E-state index contributed by atoms with van der Waals surface area (Å²) in [4.78, 5) is 29.7. The summed E-state index contributed by atoms with van der Waals surface area (Å²) in [5, 5.41) is 3.26. The molecule has 1 unspecified atom stereocenters. The topological polar surface area (TPSA) is 71.5 Å². The molecule has 1 saturated heterocycles. The van der Waals surface area contributed by atoms with Crippen molar-refractivity contribution >= 4 is 23.4 Å². The highest BCUT2D eigenvalue weighted by atomic mass is 35.5. The van der Waals surface area contributed by atoms with Crippen LogP contribution in [0.2, 0.25) is 5.02 Å². The zero-order chi connectivity index (χ0) is 19.2. The largest absolute Gasteiger partial charge is 0.368 e. The van der Waals surface area contributed by atoms with E-state index in [9.17, 15) is 9.59 Å². The van der Waals surface area contributed by atoms with Gasteiger partial charge in [0.25, 0.3) is 0 Å². The normalized spacial score (nSPS) is 16.8. The summed E-state index contributed by atoms with van der Waals surface area (Å²) in [7, 11) is 0. The van der Waals surface area contributed by atoms with Crippen molar-refractivity contribution in [2.45, 2.75) is 19.4 Å². The molecule has 0 bridgehead atoms. The molecule has 0 radical (unpaired) electrons. The maximum absolute atomic E-state index is 12.2. The van der Waals surface area contributed by atoms with Crippen molar-refractivity contribution in [1.82, 2.24) is 15.2 Å². The maximum Gasteiger partial charge on any atom is 0.242 e. The first-order chi connectivity index (χ1) is 13.0. The van der Waals surface area contributed by atoms with Gasteiger partial charge in [-0.05, 0) is 23.8 Å². The summed E-state index contributed by atoms with van der Waals surface area (Å²) < 4.78 is 5.83. The van der Waals surface area contributed by atoms with Crippen LogP contribution in [0.25, 0.3) is 0 Å². The number of nitrogens with zero attached hydrogens (tertiary/aromatic N) is 2. The molecule has 6 nitrogen and oxygen atoms in total. The number of rotatable bonds is 5. The van der Waals surface area contributed by atoms with Crippen LogP contribution in [-0.4, -0.2) is 47.9 Å². The number of carbonyl (C=O) groups is 2. The first kappa shape index (κ1) is 19.3. The third-order valence-electron chi connectivity index (χ3n) is 4.40. The summed E-state index contributed by atoms with van der Waals surface area (Å²) in [5.74, 6) is -0.340. The van der Waals surface area contributed by atoms with Gasteiger partial charge < -0.3 is 15.0 Å². The van der Waals surface area contributed by atoms with E-state index in [1.165, 1.54) is 6.92 Å². The van der Waals surface area contributed by atoms with Crippen LogP contribution in [0.4, 0.5) is 0 Å². The monoisotopic (exact) mass is 387 g/mol. The molecular weight excluding hydrogens is 366 g/mol. The molecule has 1 N–H and O–H groups in total. The van der Waals surface area contributed by atoms with Crippen molar-refractivity contribution in [2.24, 2.45) is 0 Å². The van der Waals surface area contributed by atoms with Crippen LogP contribution in [0.1, 0.15) is 30.0 Å². The van der Waals surface area contributed by atoms with Crippen molar-refractivity contribution in [2.75, 3.05) is 26.2 Å². The second kappa shape index (κ2) is 8.97. The second-order valence-electron chi connectivity index (χ2n) is 6.43. The Morgan fingerprint density at radius 3 is 2.85 bits per heavy atom. The number of benzene rings is 1. The molecule has 2 amide bonds. The van der Waals surface area contributed by atoms with Gasteiger partial charge in [0, 0.05) is 30.6 Å². The Hall–Kier alpha value is -2.44. The van der Waals surface area contributed by atoms with Gasteiger partial charge in [0.15, 0.2) is 0 Å². The summed E-state index contributed by atoms with van der Waals surface area (Å²) in [6.45, 7) is 2.76. The highest BCUT2D eigenvalue weighted by molar-refractivity contribution is 6.31. The van der Waals surface area contributed by atoms with Gasteiger partial charge in [0.05, 0.1) is 25.4 Å². The fraction of sp³-hybridized carbons (Fsp3) is 0.350. The lowest BCUT2D eigenvalue weighted by Crippen LogP contribution is -2.46. The number of pyridine rings is 1. The number of morpholine rings is 1. The first-order valence-electron chi connectivity index (χ1n) is 8.86. The number of nitrogens with one attached hydrogen (secondary N) is 1. The molecule has 1 aliphatic heterocycles. The Balaban J connectivity index is 1.68. The summed E-state index contributed by atoms with van der Waals surface area (Å²) in [5.41, 5.74) is 2.70. The van der Waals surface area contributed by atoms with Gasteiger partial charge in [0.2, 0.25) is 11.8 Å². The Morgan fingerprint density at radius 1 is 1.26 bits per heavy atom. The Morgan fingerprint density at radius 2 is 2.07 bits per heavy atom. The standard InChI is InChI=1S/C20H22ClN3O3/c1-14(25)22-12-20(26)24-9-10-27-19(13-24)18-8-4-6-16(23-18)11-15-5-2-3-7-17(15)21/h2-8,19H,9-13H2,1H3,(H,22,25). The SMILES string of the molecule is CC(=O)NCC(=O)N1CCOC(c2cccc(Cc3ccccc3Cl)n2)C1. The van der Waals surface area contributed by atoms with E-state index < -0.39 is 0 Å². The molecule has 1 aromatic carbocycles. The molecule has 0 spiro atoms. The number of aromatic nitrogens is 1. The minimum atomic E-state index is -0.286. The van der Waals surface area contributed by atoms with Crippen molar-refractivity contribution in [1.29, 1.82) is 0 Å².